The van der Waals surface area contributed by atoms with Gasteiger partial charge >= 0.3 is 5.97 Å². The van der Waals surface area contributed by atoms with E-state index in [0.29, 0.717) is 0 Å². The molecule has 0 spiro atoms. The Morgan fingerprint density at radius 3 is 2.73 bits per heavy atom. The highest BCUT2D eigenvalue weighted by Gasteiger charge is 2.13. The van der Waals surface area contributed by atoms with Crippen LogP contribution < -0.4 is 0 Å². The van der Waals surface area contributed by atoms with Crippen LogP contribution >= 0.6 is 11.3 Å². The van der Waals surface area contributed by atoms with Crippen molar-refractivity contribution < 1.29 is 19.7 Å². The number of aliphatic hydroxyl groups is 1. The second-order valence-electron chi connectivity index (χ2n) is 3.29. The largest absolute Gasteiger partial charge is 0.480 e. The lowest BCUT2D eigenvalue weighted by Crippen LogP contribution is -2.13. The van der Waals surface area contributed by atoms with Crippen molar-refractivity contribution in [1.82, 2.24) is 0 Å². The first kappa shape index (κ1) is 12.2. The van der Waals surface area contributed by atoms with Crippen molar-refractivity contribution in [2.45, 2.75) is 20.0 Å². The highest BCUT2D eigenvalue weighted by molar-refractivity contribution is 7.12. The minimum atomic E-state index is -1.03. The van der Waals surface area contributed by atoms with E-state index >= 15 is 0 Å². The molecule has 0 aromatic carbocycles. The molecule has 84 valence electrons. The van der Waals surface area contributed by atoms with Crippen LogP contribution in [0.2, 0.25) is 0 Å². The molecular weight excluding hydrogens is 216 g/mol. The number of hydrogen-bond acceptors (Lipinski definition) is 4. The Morgan fingerprint density at radius 2 is 2.27 bits per heavy atom. The quantitative estimate of drug-likeness (QED) is 0.804. The van der Waals surface area contributed by atoms with Gasteiger partial charge in [0.2, 0.25) is 0 Å². The van der Waals surface area contributed by atoms with Gasteiger partial charge in [-0.1, -0.05) is 0 Å². The number of ether oxygens (including phenoxy) is 1. The predicted octanol–water partition coefficient (Wildman–Crippen LogP) is 1.50. The van der Waals surface area contributed by atoms with Crippen LogP contribution in [0.15, 0.2) is 6.07 Å². The molecule has 4 nitrogen and oxygen atoms in total. The van der Waals surface area contributed by atoms with Crippen LogP contribution in [0.5, 0.6) is 0 Å². The molecular formula is C10H14O4S. The topological polar surface area (TPSA) is 66.8 Å². The van der Waals surface area contributed by atoms with Gasteiger partial charge in [0, 0.05) is 9.75 Å². The zero-order chi connectivity index (χ0) is 11.4. The number of aliphatic hydroxyl groups excluding tert-OH is 1. The Hall–Kier alpha value is -0.910. The van der Waals surface area contributed by atoms with Gasteiger partial charge < -0.3 is 14.9 Å². The van der Waals surface area contributed by atoms with Crippen LogP contribution in [0.3, 0.4) is 0 Å². The van der Waals surface area contributed by atoms with Gasteiger partial charge in [-0.25, -0.2) is 4.79 Å². The molecule has 0 aliphatic rings. The summed E-state index contributed by atoms with van der Waals surface area (Å²) in [7, 11) is 0. The Labute approximate surface area is 92.1 Å². The third-order valence-electron chi connectivity index (χ3n) is 1.94. The number of thiophene rings is 1. The summed E-state index contributed by atoms with van der Waals surface area (Å²) in [6.07, 6.45) is -0.741. The fourth-order valence-electron chi connectivity index (χ4n) is 1.33. The summed E-state index contributed by atoms with van der Waals surface area (Å²) in [4.78, 5) is 12.3. The minimum absolute atomic E-state index is 0.0172. The van der Waals surface area contributed by atoms with Crippen molar-refractivity contribution in [2.24, 2.45) is 0 Å². The molecule has 2 N–H and O–H groups in total. The van der Waals surface area contributed by atoms with Gasteiger partial charge in [-0.2, -0.15) is 0 Å². The summed E-state index contributed by atoms with van der Waals surface area (Å²) in [6.45, 7) is 3.53. The Kier molecular flexibility index (Phi) is 4.26. The maximum absolute atomic E-state index is 10.2. The molecule has 0 bridgehead atoms. The average molecular weight is 230 g/mol. The number of carbonyl (C=O) groups is 1. The molecule has 0 saturated heterocycles. The van der Waals surface area contributed by atoms with Gasteiger partial charge in [-0.15, -0.1) is 11.3 Å². The van der Waals surface area contributed by atoms with Crippen molar-refractivity contribution in [3.8, 4) is 0 Å². The fourth-order valence-corrected chi connectivity index (χ4v) is 2.31. The maximum atomic E-state index is 10.2. The van der Waals surface area contributed by atoms with Crippen LogP contribution in [-0.4, -0.2) is 29.4 Å². The molecule has 1 unspecified atom stereocenters. The third-order valence-corrected chi connectivity index (χ3v) is 2.92. The summed E-state index contributed by atoms with van der Waals surface area (Å²) in [6, 6.07) is 1.90. The molecule has 0 amide bonds. The molecule has 0 aliphatic heterocycles. The zero-order valence-electron chi connectivity index (χ0n) is 8.69. The van der Waals surface area contributed by atoms with E-state index in [1.54, 1.807) is 11.3 Å². The lowest BCUT2D eigenvalue weighted by Gasteiger charge is -2.09. The molecule has 0 radical (unpaired) electrons. The van der Waals surface area contributed by atoms with Crippen LogP contribution in [0.4, 0.5) is 0 Å². The van der Waals surface area contributed by atoms with Crippen LogP contribution in [-0.2, 0) is 9.53 Å². The Balaban J connectivity index is 2.50. The number of carboxylic acid groups (broad SMARTS) is 1. The second-order valence-corrected chi connectivity index (χ2v) is 4.75. The molecule has 5 heteroatoms. The van der Waals surface area contributed by atoms with Crippen LogP contribution in [0.25, 0.3) is 0 Å². The Bertz CT molecular complexity index is 345. The first-order chi connectivity index (χ1) is 7.00. The van der Waals surface area contributed by atoms with Crippen molar-refractivity contribution in [3.63, 3.8) is 0 Å². The number of aryl methyl sites for hydroxylation is 2. The number of carboxylic acids is 1. The Morgan fingerprint density at radius 1 is 1.60 bits per heavy atom. The van der Waals surface area contributed by atoms with Gasteiger partial charge in [-0.3, -0.25) is 0 Å². The monoisotopic (exact) mass is 230 g/mol. The first-order valence-corrected chi connectivity index (χ1v) is 5.37. The van der Waals surface area contributed by atoms with Crippen LogP contribution in [0.1, 0.15) is 21.4 Å². The lowest BCUT2D eigenvalue weighted by atomic mass is 10.1. The van der Waals surface area contributed by atoms with E-state index in [2.05, 4.69) is 0 Å². The van der Waals surface area contributed by atoms with Crippen molar-refractivity contribution in [2.75, 3.05) is 13.2 Å². The summed E-state index contributed by atoms with van der Waals surface area (Å²) < 4.78 is 4.83. The molecule has 0 saturated carbocycles. The molecule has 0 aliphatic carbocycles. The normalized spacial score (nSPS) is 12.7. The molecule has 0 fully saturated rings. The highest BCUT2D eigenvalue weighted by atomic mass is 32.1. The lowest BCUT2D eigenvalue weighted by molar-refractivity contribution is -0.143. The van der Waals surface area contributed by atoms with E-state index in [9.17, 15) is 9.90 Å². The summed E-state index contributed by atoms with van der Waals surface area (Å²) in [5.41, 5.74) is 0.822. The SMILES string of the molecule is Cc1cc(C(O)COCC(=O)O)c(C)s1. The summed E-state index contributed by atoms with van der Waals surface area (Å²) in [5.74, 6) is -1.03. The number of aliphatic carboxylic acids is 1. The fraction of sp³-hybridized carbons (Fsp3) is 0.500. The van der Waals surface area contributed by atoms with Crippen LogP contribution in [0, 0.1) is 13.8 Å². The maximum Gasteiger partial charge on any atom is 0.329 e. The minimum Gasteiger partial charge on any atom is -0.480 e. The first-order valence-electron chi connectivity index (χ1n) is 4.55. The predicted molar refractivity (Wildman–Crippen MR) is 57.2 cm³/mol. The summed E-state index contributed by atoms with van der Waals surface area (Å²) in [5, 5.41) is 18.1. The van der Waals surface area contributed by atoms with Gasteiger partial charge in [0.1, 0.15) is 12.7 Å². The van der Waals surface area contributed by atoms with Gasteiger partial charge in [-0.05, 0) is 25.5 Å². The molecule has 1 aromatic heterocycles. The van der Waals surface area contributed by atoms with Gasteiger partial charge in [0.15, 0.2) is 0 Å². The second kappa shape index (κ2) is 5.25. The summed E-state index contributed by atoms with van der Waals surface area (Å²) >= 11 is 1.61. The van der Waals surface area contributed by atoms with E-state index in [-0.39, 0.29) is 13.2 Å². The van der Waals surface area contributed by atoms with E-state index < -0.39 is 12.1 Å². The highest BCUT2D eigenvalue weighted by Crippen LogP contribution is 2.26. The third kappa shape index (κ3) is 3.62. The molecule has 1 aromatic rings. The van der Waals surface area contributed by atoms with E-state index in [1.165, 1.54) is 0 Å². The molecule has 1 atom stereocenters. The van der Waals surface area contributed by atoms with Gasteiger partial charge in [0.25, 0.3) is 0 Å². The standard InChI is InChI=1S/C10H14O4S/c1-6-3-8(7(2)15-6)9(11)4-14-5-10(12)13/h3,9,11H,4-5H2,1-2H3,(H,12,13). The van der Waals surface area contributed by atoms with Crippen molar-refractivity contribution >= 4 is 17.3 Å². The smallest absolute Gasteiger partial charge is 0.329 e. The molecule has 1 heterocycles. The molecule has 15 heavy (non-hydrogen) atoms. The van der Waals surface area contributed by atoms with E-state index in [1.807, 2.05) is 19.9 Å². The van der Waals surface area contributed by atoms with Crippen molar-refractivity contribution in [1.29, 1.82) is 0 Å². The van der Waals surface area contributed by atoms with E-state index in [0.717, 1.165) is 15.3 Å². The zero-order valence-corrected chi connectivity index (χ0v) is 9.50. The van der Waals surface area contributed by atoms with E-state index in [4.69, 9.17) is 9.84 Å². The van der Waals surface area contributed by atoms with Crippen molar-refractivity contribution in [3.05, 3.63) is 21.4 Å². The van der Waals surface area contributed by atoms with Gasteiger partial charge in [0.05, 0.1) is 6.61 Å². The number of rotatable bonds is 5. The molecule has 1 rings (SSSR count). The number of hydrogen-bond donors (Lipinski definition) is 2. The average Bonchev–Trinajstić information content (AvgIpc) is 2.44.